The maximum Gasteiger partial charge on any atom is 0.213 e. The molecule has 7 nitrogen and oxygen atoms in total. The van der Waals surface area contributed by atoms with Gasteiger partial charge < -0.3 is 15.0 Å². The number of imidazole rings is 1. The summed E-state index contributed by atoms with van der Waals surface area (Å²) in [5, 5.41) is 8.59. The van der Waals surface area contributed by atoms with Gasteiger partial charge in [0, 0.05) is 48.6 Å². The maximum atomic E-state index is 5.38. The van der Waals surface area contributed by atoms with E-state index in [1.165, 1.54) is 0 Å². The topological polar surface area (TPSA) is 67.6 Å². The smallest absolute Gasteiger partial charge is 0.213 e. The second-order valence-corrected chi connectivity index (χ2v) is 8.46. The van der Waals surface area contributed by atoms with Gasteiger partial charge in [0.25, 0.3) is 0 Å². The highest BCUT2D eigenvalue weighted by molar-refractivity contribution is 5.82. The summed E-state index contributed by atoms with van der Waals surface area (Å²) >= 11 is 0. The fourth-order valence-corrected chi connectivity index (χ4v) is 4.15. The maximum absolute atomic E-state index is 5.38. The van der Waals surface area contributed by atoms with Gasteiger partial charge in [-0.25, -0.2) is 14.5 Å². The van der Waals surface area contributed by atoms with Crippen molar-refractivity contribution in [2.24, 2.45) is 0 Å². The molecule has 1 aliphatic heterocycles. The van der Waals surface area contributed by atoms with Gasteiger partial charge >= 0.3 is 0 Å². The average molecular weight is 415 g/mol. The first kappa shape index (κ1) is 19.5. The Morgan fingerprint density at radius 1 is 1.03 bits per heavy atom. The number of nitrogens with one attached hydrogen (secondary N) is 1. The molecular weight excluding hydrogens is 388 g/mol. The minimum absolute atomic E-state index is 0.0420. The van der Waals surface area contributed by atoms with Crippen molar-refractivity contribution in [3.63, 3.8) is 0 Å². The van der Waals surface area contributed by atoms with Crippen molar-refractivity contribution >= 4 is 11.5 Å². The van der Waals surface area contributed by atoms with Gasteiger partial charge in [0.15, 0.2) is 5.65 Å². The molecule has 3 aromatic heterocycles. The van der Waals surface area contributed by atoms with Crippen molar-refractivity contribution in [3.8, 4) is 28.4 Å². The molecule has 0 bridgehead atoms. The SMILES string of the molecule is COc1cc(-c2c(-c3ccccc3)nc3ccc(N4CCNC(C)(C)C4)nn23)ccn1. The lowest BCUT2D eigenvalue weighted by Gasteiger charge is -2.39. The quantitative estimate of drug-likeness (QED) is 0.550. The summed E-state index contributed by atoms with van der Waals surface area (Å²) in [6.07, 6.45) is 1.75. The van der Waals surface area contributed by atoms with Gasteiger partial charge in [-0.05, 0) is 32.0 Å². The summed E-state index contributed by atoms with van der Waals surface area (Å²) in [6.45, 7) is 7.18. The number of hydrogen-bond acceptors (Lipinski definition) is 6. The van der Waals surface area contributed by atoms with Gasteiger partial charge in [0.05, 0.1) is 12.8 Å². The molecule has 4 heterocycles. The van der Waals surface area contributed by atoms with Crippen molar-refractivity contribution in [3.05, 3.63) is 60.8 Å². The lowest BCUT2D eigenvalue weighted by Crippen LogP contribution is -2.57. The predicted molar refractivity (Wildman–Crippen MR) is 123 cm³/mol. The van der Waals surface area contributed by atoms with Crippen LogP contribution in [0.15, 0.2) is 60.8 Å². The third-order valence-electron chi connectivity index (χ3n) is 5.62. The Labute approximate surface area is 181 Å². The number of hydrogen-bond donors (Lipinski definition) is 1. The number of benzene rings is 1. The van der Waals surface area contributed by atoms with E-state index in [4.69, 9.17) is 14.8 Å². The fourth-order valence-electron chi connectivity index (χ4n) is 4.15. The molecule has 1 saturated heterocycles. The van der Waals surface area contributed by atoms with E-state index in [0.717, 1.165) is 53.6 Å². The van der Waals surface area contributed by atoms with Crippen LogP contribution in [0.25, 0.3) is 28.2 Å². The first-order valence-electron chi connectivity index (χ1n) is 10.5. The third-order valence-corrected chi connectivity index (χ3v) is 5.62. The number of nitrogens with zero attached hydrogens (tertiary/aromatic N) is 5. The van der Waals surface area contributed by atoms with Crippen molar-refractivity contribution in [2.45, 2.75) is 19.4 Å². The molecule has 1 fully saturated rings. The lowest BCUT2D eigenvalue weighted by molar-refractivity contribution is 0.351. The van der Waals surface area contributed by atoms with Crippen LogP contribution in [0.4, 0.5) is 5.82 Å². The van der Waals surface area contributed by atoms with E-state index in [1.807, 2.05) is 40.9 Å². The summed E-state index contributed by atoms with van der Waals surface area (Å²) in [5.41, 5.74) is 4.67. The van der Waals surface area contributed by atoms with E-state index >= 15 is 0 Å². The van der Waals surface area contributed by atoms with Crippen LogP contribution < -0.4 is 15.0 Å². The molecule has 0 atom stereocenters. The second kappa shape index (κ2) is 7.67. The molecule has 158 valence electrons. The summed E-state index contributed by atoms with van der Waals surface area (Å²) in [4.78, 5) is 11.5. The Balaban J connectivity index is 1.70. The first-order chi connectivity index (χ1) is 15.0. The van der Waals surface area contributed by atoms with E-state index in [-0.39, 0.29) is 5.54 Å². The number of anilines is 1. The summed E-state index contributed by atoms with van der Waals surface area (Å²) in [7, 11) is 1.63. The monoisotopic (exact) mass is 414 g/mol. The van der Waals surface area contributed by atoms with Crippen LogP contribution in [0, 0.1) is 0 Å². The van der Waals surface area contributed by atoms with Crippen molar-refractivity contribution < 1.29 is 4.74 Å². The largest absolute Gasteiger partial charge is 0.481 e. The van der Waals surface area contributed by atoms with Crippen LogP contribution >= 0.6 is 0 Å². The normalized spacial score (nSPS) is 15.9. The Morgan fingerprint density at radius 3 is 2.65 bits per heavy atom. The van der Waals surface area contributed by atoms with Gasteiger partial charge in [-0.1, -0.05) is 30.3 Å². The molecule has 0 radical (unpaired) electrons. The number of fused-ring (bicyclic) bond motifs is 1. The molecule has 5 rings (SSSR count). The molecule has 31 heavy (non-hydrogen) atoms. The Morgan fingerprint density at radius 2 is 1.87 bits per heavy atom. The van der Waals surface area contributed by atoms with E-state index in [9.17, 15) is 0 Å². The van der Waals surface area contributed by atoms with Crippen molar-refractivity contribution in [1.29, 1.82) is 0 Å². The first-order valence-corrected chi connectivity index (χ1v) is 10.5. The van der Waals surface area contributed by atoms with Crippen LogP contribution in [0.1, 0.15) is 13.8 Å². The molecule has 0 spiro atoms. The lowest BCUT2D eigenvalue weighted by atomic mass is 10.0. The Hall–Kier alpha value is -3.45. The van der Waals surface area contributed by atoms with Crippen LogP contribution in [0.2, 0.25) is 0 Å². The Bertz CT molecular complexity index is 1220. The minimum Gasteiger partial charge on any atom is -0.481 e. The molecule has 7 heteroatoms. The second-order valence-electron chi connectivity index (χ2n) is 8.46. The molecular formula is C24H26N6O. The highest BCUT2D eigenvalue weighted by Crippen LogP contribution is 2.34. The zero-order valence-electron chi connectivity index (χ0n) is 18.0. The standard InChI is InChI=1S/C24H26N6O/c1-24(2)16-29(14-13-26-24)20-10-9-19-27-22(17-7-5-4-6-8-17)23(30(19)28-20)18-11-12-25-21(15-18)31-3/h4-12,15,26H,13-14,16H2,1-3H3. The minimum atomic E-state index is 0.0420. The zero-order chi connectivity index (χ0) is 21.4. The van der Waals surface area contributed by atoms with Crippen molar-refractivity contribution in [2.75, 3.05) is 31.6 Å². The number of ether oxygens (including phenoxy) is 1. The number of pyridine rings is 1. The van der Waals surface area contributed by atoms with Crippen molar-refractivity contribution in [1.82, 2.24) is 24.9 Å². The van der Waals surface area contributed by atoms with Crippen LogP contribution in [-0.2, 0) is 0 Å². The van der Waals surface area contributed by atoms with Crippen LogP contribution in [0.3, 0.4) is 0 Å². The highest BCUT2D eigenvalue weighted by Gasteiger charge is 2.27. The van der Waals surface area contributed by atoms with Crippen LogP contribution in [0.5, 0.6) is 5.88 Å². The van der Waals surface area contributed by atoms with E-state index in [2.05, 4.69) is 47.2 Å². The molecule has 4 aromatic rings. The predicted octanol–water partition coefficient (Wildman–Crippen LogP) is 3.66. The van der Waals surface area contributed by atoms with E-state index in [0.29, 0.717) is 5.88 Å². The fraction of sp³-hybridized carbons (Fsp3) is 0.292. The molecule has 1 aromatic carbocycles. The Kier molecular flexibility index (Phi) is 4.82. The summed E-state index contributed by atoms with van der Waals surface area (Å²) in [6, 6.07) is 18.2. The molecule has 0 amide bonds. The number of aromatic nitrogens is 4. The molecule has 0 saturated carbocycles. The number of methoxy groups -OCH3 is 1. The van der Waals surface area contributed by atoms with Gasteiger partial charge in [0.1, 0.15) is 11.5 Å². The van der Waals surface area contributed by atoms with Gasteiger partial charge in [-0.3, -0.25) is 0 Å². The van der Waals surface area contributed by atoms with E-state index in [1.54, 1.807) is 13.3 Å². The average Bonchev–Trinajstić information content (AvgIpc) is 3.18. The molecule has 1 N–H and O–H groups in total. The van der Waals surface area contributed by atoms with Gasteiger partial charge in [0.2, 0.25) is 5.88 Å². The zero-order valence-corrected chi connectivity index (χ0v) is 18.0. The van der Waals surface area contributed by atoms with Gasteiger partial charge in [-0.15, -0.1) is 5.10 Å². The molecule has 0 aliphatic carbocycles. The molecule has 1 aliphatic rings. The summed E-state index contributed by atoms with van der Waals surface area (Å²) < 4.78 is 7.32. The van der Waals surface area contributed by atoms with E-state index < -0.39 is 0 Å². The number of piperazine rings is 1. The third kappa shape index (κ3) is 3.72. The van der Waals surface area contributed by atoms with Crippen LogP contribution in [-0.4, -0.2) is 51.9 Å². The number of rotatable bonds is 4. The van der Waals surface area contributed by atoms with Gasteiger partial charge in [-0.2, -0.15) is 0 Å². The summed E-state index contributed by atoms with van der Waals surface area (Å²) in [5.74, 6) is 1.51. The highest BCUT2D eigenvalue weighted by atomic mass is 16.5. The molecule has 0 unspecified atom stereocenters.